The Balaban J connectivity index is 1.35. The van der Waals surface area contributed by atoms with E-state index in [9.17, 15) is 4.79 Å². The summed E-state index contributed by atoms with van der Waals surface area (Å²) in [5.41, 5.74) is 3.55. The highest BCUT2D eigenvalue weighted by Gasteiger charge is 2.51. The Bertz CT molecular complexity index is 1030. The van der Waals surface area contributed by atoms with Gasteiger partial charge in [0.1, 0.15) is 10.8 Å². The standard InChI is InChI=1S/C23H29N5O2S2/c1-14(24-22-25-18-6-8-20(30-3)26-21(18)32-22)28-13-23(9-10-27(12-23)15(2)29)17-11-16(31-4)5-7-19(17)28/h6-8,11,16,22,24-25H,1,5,9-10,12-13H2,2-4H3. The second-order valence-corrected chi connectivity index (χ2v) is 10.8. The molecule has 0 radical (unpaired) electrons. The van der Waals surface area contributed by atoms with Gasteiger partial charge in [0.05, 0.1) is 12.8 Å². The van der Waals surface area contributed by atoms with Gasteiger partial charge in [-0.15, -0.1) is 0 Å². The zero-order valence-corrected chi connectivity index (χ0v) is 20.3. The van der Waals surface area contributed by atoms with E-state index in [2.05, 4.69) is 45.5 Å². The van der Waals surface area contributed by atoms with Crippen LogP contribution >= 0.6 is 23.5 Å². The van der Waals surface area contributed by atoms with E-state index in [1.165, 1.54) is 11.3 Å². The third-order valence-electron chi connectivity index (χ3n) is 6.78. The molecular weight excluding hydrogens is 442 g/mol. The van der Waals surface area contributed by atoms with Gasteiger partial charge in [-0.1, -0.05) is 30.5 Å². The zero-order chi connectivity index (χ0) is 22.5. The van der Waals surface area contributed by atoms with Crippen LogP contribution in [0.4, 0.5) is 5.69 Å². The summed E-state index contributed by atoms with van der Waals surface area (Å²) in [6.45, 7) is 8.52. The van der Waals surface area contributed by atoms with E-state index in [0.717, 1.165) is 49.0 Å². The normalized spacial score (nSPS) is 28.1. The number of fused-ring (bicyclic) bond motifs is 3. The molecule has 170 valence electrons. The molecule has 3 aliphatic heterocycles. The Labute approximate surface area is 197 Å². The smallest absolute Gasteiger partial charge is 0.219 e. The minimum atomic E-state index is -0.0541. The van der Waals surface area contributed by atoms with Crippen LogP contribution in [0.1, 0.15) is 19.8 Å². The maximum Gasteiger partial charge on any atom is 0.219 e. The highest BCUT2D eigenvalue weighted by Crippen LogP contribution is 2.52. The first-order valence-corrected chi connectivity index (χ1v) is 13.0. The molecule has 2 fully saturated rings. The van der Waals surface area contributed by atoms with Crippen molar-refractivity contribution in [1.29, 1.82) is 0 Å². The van der Waals surface area contributed by atoms with Crippen molar-refractivity contribution in [3.63, 3.8) is 0 Å². The lowest BCUT2D eigenvalue weighted by atomic mass is 9.79. The van der Waals surface area contributed by atoms with Crippen LogP contribution < -0.4 is 15.4 Å². The Hall–Kier alpha value is -2.26. The molecule has 4 aliphatic rings. The Kier molecular flexibility index (Phi) is 5.57. The average Bonchev–Trinajstić information content (AvgIpc) is 3.49. The summed E-state index contributed by atoms with van der Waals surface area (Å²) in [6.07, 6.45) is 8.96. The van der Waals surface area contributed by atoms with Crippen LogP contribution in [0, 0.1) is 5.41 Å². The summed E-state index contributed by atoms with van der Waals surface area (Å²) in [4.78, 5) is 20.9. The van der Waals surface area contributed by atoms with Gasteiger partial charge in [-0.2, -0.15) is 11.8 Å². The average molecular weight is 472 g/mol. The number of aromatic nitrogens is 1. The topological polar surface area (TPSA) is 69.7 Å². The van der Waals surface area contributed by atoms with Crippen LogP contribution in [0.5, 0.6) is 5.88 Å². The number of pyridine rings is 1. The number of carbonyl (C=O) groups excluding carboxylic acids is 1. The molecule has 5 rings (SSSR count). The third-order valence-corrected chi connectivity index (χ3v) is 8.72. The number of allylic oxidation sites excluding steroid dienone is 2. The lowest BCUT2D eigenvalue weighted by Gasteiger charge is -2.28. The van der Waals surface area contributed by atoms with Gasteiger partial charge in [0, 0.05) is 49.0 Å². The first-order valence-electron chi connectivity index (χ1n) is 10.8. The zero-order valence-electron chi connectivity index (χ0n) is 18.7. The fourth-order valence-corrected chi connectivity index (χ4v) is 6.62. The molecule has 1 spiro atoms. The van der Waals surface area contributed by atoms with Gasteiger partial charge < -0.3 is 25.2 Å². The molecule has 2 N–H and O–H groups in total. The molecule has 0 aromatic carbocycles. The number of amides is 1. The number of rotatable bonds is 5. The van der Waals surface area contributed by atoms with Gasteiger partial charge in [-0.05, 0) is 30.7 Å². The van der Waals surface area contributed by atoms with Crippen molar-refractivity contribution in [2.45, 2.75) is 35.5 Å². The van der Waals surface area contributed by atoms with Gasteiger partial charge in [0.15, 0.2) is 5.50 Å². The van der Waals surface area contributed by atoms with Gasteiger partial charge in [0.2, 0.25) is 11.8 Å². The number of carbonyl (C=O) groups is 1. The van der Waals surface area contributed by atoms with Crippen LogP contribution in [-0.2, 0) is 4.79 Å². The highest BCUT2D eigenvalue weighted by molar-refractivity contribution is 8.00. The maximum absolute atomic E-state index is 12.1. The van der Waals surface area contributed by atoms with E-state index in [1.807, 2.05) is 28.8 Å². The summed E-state index contributed by atoms with van der Waals surface area (Å²) < 4.78 is 5.25. The number of hydrogen-bond donors (Lipinski definition) is 2. The lowest BCUT2D eigenvalue weighted by molar-refractivity contribution is -0.128. The van der Waals surface area contributed by atoms with Gasteiger partial charge in [-0.25, -0.2) is 4.98 Å². The number of thioether (sulfide) groups is 2. The molecule has 0 saturated carbocycles. The Morgan fingerprint density at radius 1 is 1.44 bits per heavy atom. The number of ether oxygens (including phenoxy) is 1. The molecule has 4 heterocycles. The first-order chi connectivity index (χ1) is 15.4. The largest absolute Gasteiger partial charge is 0.481 e. The second-order valence-electron chi connectivity index (χ2n) is 8.68. The van der Waals surface area contributed by atoms with Crippen molar-refractivity contribution in [3.05, 3.63) is 48.0 Å². The third kappa shape index (κ3) is 3.65. The van der Waals surface area contributed by atoms with Gasteiger partial charge in [-0.3, -0.25) is 4.79 Å². The molecule has 7 nitrogen and oxygen atoms in total. The molecule has 3 atom stereocenters. The van der Waals surface area contributed by atoms with Crippen molar-refractivity contribution in [2.24, 2.45) is 5.41 Å². The number of nitrogens with one attached hydrogen (secondary N) is 2. The quantitative estimate of drug-likeness (QED) is 0.677. The molecule has 1 aliphatic carbocycles. The SMILES string of the molecule is C=C(NC1Nc2ccc(OC)nc2S1)N1CC2(CCN(C(C)=O)C2)C2=CC(SC)CC=C21. The van der Waals surface area contributed by atoms with Crippen molar-refractivity contribution in [2.75, 3.05) is 38.3 Å². The predicted octanol–water partition coefficient (Wildman–Crippen LogP) is 3.45. The van der Waals surface area contributed by atoms with Crippen molar-refractivity contribution >= 4 is 35.1 Å². The van der Waals surface area contributed by atoms with Crippen LogP contribution in [0.2, 0.25) is 0 Å². The monoisotopic (exact) mass is 471 g/mol. The Morgan fingerprint density at radius 3 is 3.00 bits per heavy atom. The second kappa shape index (κ2) is 8.26. The molecule has 3 unspecified atom stereocenters. The van der Waals surface area contributed by atoms with E-state index in [-0.39, 0.29) is 16.8 Å². The first kappa shape index (κ1) is 21.6. The fraction of sp³-hybridized carbons (Fsp3) is 0.478. The minimum absolute atomic E-state index is 0.0232. The number of nitrogens with zero attached hydrogens (tertiary/aromatic N) is 3. The number of likely N-dealkylation sites (tertiary alicyclic amines) is 2. The molecule has 9 heteroatoms. The predicted molar refractivity (Wildman–Crippen MR) is 130 cm³/mol. The van der Waals surface area contributed by atoms with E-state index in [4.69, 9.17) is 4.74 Å². The van der Waals surface area contributed by atoms with Crippen LogP contribution in [-0.4, -0.2) is 64.4 Å². The van der Waals surface area contributed by atoms with E-state index in [0.29, 0.717) is 11.1 Å². The maximum atomic E-state index is 12.1. The summed E-state index contributed by atoms with van der Waals surface area (Å²) in [5.74, 6) is 1.64. The van der Waals surface area contributed by atoms with Crippen molar-refractivity contribution in [3.8, 4) is 5.88 Å². The summed E-state index contributed by atoms with van der Waals surface area (Å²) in [6, 6.07) is 3.85. The number of hydrogen-bond acceptors (Lipinski definition) is 8. The summed E-state index contributed by atoms with van der Waals surface area (Å²) >= 11 is 3.51. The van der Waals surface area contributed by atoms with Crippen LogP contribution in [0.3, 0.4) is 0 Å². The lowest BCUT2D eigenvalue weighted by Crippen LogP contribution is -2.38. The van der Waals surface area contributed by atoms with E-state index < -0.39 is 0 Å². The molecule has 1 aromatic heterocycles. The fourth-order valence-electron chi connectivity index (χ4n) is 5.06. The van der Waals surface area contributed by atoms with Crippen LogP contribution in [0.15, 0.2) is 53.0 Å². The van der Waals surface area contributed by atoms with Crippen molar-refractivity contribution in [1.82, 2.24) is 20.1 Å². The van der Waals surface area contributed by atoms with Crippen molar-refractivity contribution < 1.29 is 9.53 Å². The molecule has 1 aromatic rings. The summed E-state index contributed by atoms with van der Waals surface area (Å²) in [7, 11) is 1.63. The molecule has 2 saturated heterocycles. The molecule has 0 bridgehead atoms. The molecular formula is C23H29N5O2S2. The minimum Gasteiger partial charge on any atom is -0.481 e. The van der Waals surface area contributed by atoms with Gasteiger partial charge in [0.25, 0.3) is 0 Å². The van der Waals surface area contributed by atoms with Gasteiger partial charge >= 0.3 is 0 Å². The number of methoxy groups -OCH3 is 1. The molecule has 32 heavy (non-hydrogen) atoms. The summed E-state index contributed by atoms with van der Waals surface area (Å²) in [5, 5.41) is 8.42. The van der Waals surface area contributed by atoms with E-state index >= 15 is 0 Å². The number of anilines is 1. The van der Waals surface area contributed by atoms with Crippen LogP contribution in [0.25, 0.3) is 0 Å². The van der Waals surface area contributed by atoms with E-state index in [1.54, 1.807) is 25.8 Å². The highest BCUT2D eigenvalue weighted by atomic mass is 32.2. The molecule has 1 amide bonds. The Morgan fingerprint density at radius 2 is 2.28 bits per heavy atom.